The summed E-state index contributed by atoms with van der Waals surface area (Å²) in [6, 6.07) is 30.3. The fourth-order valence-electron chi connectivity index (χ4n) is 4.47. The van der Waals surface area contributed by atoms with E-state index in [1.165, 1.54) is 0 Å². The van der Waals surface area contributed by atoms with Gasteiger partial charge in [-0.25, -0.2) is 10.2 Å². The van der Waals surface area contributed by atoms with E-state index in [1.807, 2.05) is 97.1 Å². The molecule has 6 rings (SSSR count). The van der Waals surface area contributed by atoms with Crippen molar-refractivity contribution in [2.75, 3.05) is 13.1 Å². The SMILES string of the molecule is O=P1(NCCNP2(=O)Oc3ccccc3-c3ccccc32)Oc2ccccc2-c2ccccc21. The molecule has 0 saturated carbocycles. The lowest BCUT2D eigenvalue weighted by Crippen LogP contribution is -2.34. The van der Waals surface area contributed by atoms with Gasteiger partial charge in [0.05, 0.1) is 10.6 Å². The second-order valence-electron chi connectivity index (χ2n) is 8.13. The van der Waals surface area contributed by atoms with Gasteiger partial charge in [-0.15, -0.1) is 0 Å². The first-order valence-corrected chi connectivity index (χ1v) is 14.3. The zero-order valence-corrected chi connectivity index (χ0v) is 20.0. The van der Waals surface area contributed by atoms with Gasteiger partial charge < -0.3 is 9.05 Å². The van der Waals surface area contributed by atoms with Gasteiger partial charge in [0.2, 0.25) is 0 Å². The highest BCUT2D eigenvalue weighted by atomic mass is 31.2. The Balaban J connectivity index is 1.22. The molecule has 2 N–H and O–H groups in total. The molecule has 34 heavy (non-hydrogen) atoms. The third-order valence-corrected chi connectivity index (χ3v) is 10.3. The average molecular weight is 488 g/mol. The first-order chi connectivity index (χ1) is 16.6. The summed E-state index contributed by atoms with van der Waals surface area (Å²) < 4.78 is 39.7. The quantitative estimate of drug-likeness (QED) is 0.293. The van der Waals surface area contributed by atoms with Crippen molar-refractivity contribution >= 4 is 25.6 Å². The summed E-state index contributed by atoms with van der Waals surface area (Å²) >= 11 is 0. The summed E-state index contributed by atoms with van der Waals surface area (Å²) in [6.45, 7) is 0.538. The first kappa shape index (κ1) is 21.4. The van der Waals surface area contributed by atoms with Gasteiger partial charge in [0.25, 0.3) is 0 Å². The Bertz CT molecular complexity index is 1390. The summed E-state index contributed by atoms with van der Waals surface area (Å²) in [5, 5.41) is 7.44. The van der Waals surface area contributed by atoms with Crippen molar-refractivity contribution in [2.24, 2.45) is 0 Å². The number of nitrogens with one attached hydrogen (secondary N) is 2. The summed E-state index contributed by atoms with van der Waals surface area (Å²) in [5.41, 5.74) is 3.61. The van der Waals surface area contributed by atoms with Crippen LogP contribution in [0.2, 0.25) is 0 Å². The average Bonchev–Trinajstić information content (AvgIpc) is 2.87. The van der Waals surface area contributed by atoms with Crippen LogP contribution in [0.3, 0.4) is 0 Å². The molecule has 0 fully saturated rings. The van der Waals surface area contributed by atoms with Gasteiger partial charge >= 0.3 is 15.0 Å². The monoisotopic (exact) mass is 488 g/mol. The van der Waals surface area contributed by atoms with Gasteiger partial charge in [-0.05, 0) is 24.3 Å². The molecule has 0 amide bonds. The van der Waals surface area contributed by atoms with Crippen LogP contribution >= 0.6 is 15.0 Å². The van der Waals surface area contributed by atoms with Gasteiger partial charge in [0, 0.05) is 35.3 Å². The minimum Gasteiger partial charge on any atom is -0.429 e. The topological polar surface area (TPSA) is 76.7 Å². The maximum Gasteiger partial charge on any atom is 0.347 e. The van der Waals surface area contributed by atoms with Crippen molar-refractivity contribution in [3.05, 3.63) is 97.1 Å². The molecule has 4 aromatic rings. The fourth-order valence-corrected chi connectivity index (χ4v) is 8.41. The predicted octanol–water partition coefficient (Wildman–Crippen LogP) is 5.32. The molecule has 6 nitrogen and oxygen atoms in total. The van der Waals surface area contributed by atoms with E-state index in [0.29, 0.717) is 22.1 Å². The highest BCUT2D eigenvalue weighted by molar-refractivity contribution is 7.66. The van der Waals surface area contributed by atoms with E-state index in [1.54, 1.807) is 0 Å². The Morgan fingerprint density at radius 1 is 0.500 bits per heavy atom. The molecule has 0 radical (unpaired) electrons. The van der Waals surface area contributed by atoms with Crippen LogP contribution in [0.25, 0.3) is 22.3 Å². The summed E-state index contributed by atoms with van der Waals surface area (Å²) in [7, 11) is -6.73. The zero-order valence-electron chi connectivity index (χ0n) is 18.2. The Kier molecular flexibility index (Phi) is 5.20. The molecule has 2 aliphatic heterocycles. The third kappa shape index (κ3) is 3.51. The number of benzene rings is 4. The standard InChI is InChI=1S/C26H22N2O4P2/c29-33(25-15-7-3-11-21(25)19-9-1-5-13-23(19)31-33)27-17-18-28-34(30)26-16-8-4-12-22(26)20-10-2-6-14-24(20)32-34/h1-16H,17-18H2,(H,27,29)(H,28,30). The van der Waals surface area contributed by atoms with Gasteiger partial charge in [-0.2, -0.15) is 0 Å². The molecule has 8 heteroatoms. The summed E-state index contributed by atoms with van der Waals surface area (Å²) in [4.78, 5) is 0. The van der Waals surface area contributed by atoms with E-state index in [0.717, 1.165) is 22.3 Å². The maximum atomic E-state index is 13.8. The normalized spacial score (nSPS) is 21.8. The summed E-state index contributed by atoms with van der Waals surface area (Å²) in [5.74, 6) is 1.16. The lowest BCUT2D eigenvalue weighted by atomic mass is 10.0. The predicted molar refractivity (Wildman–Crippen MR) is 135 cm³/mol. The largest absolute Gasteiger partial charge is 0.429 e. The molecule has 2 heterocycles. The van der Waals surface area contributed by atoms with E-state index >= 15 is 0 Å². The molecule has 2 atom stereocenters. The summed E-state index contributed by atoms with van der Waals surface area (Å²) in [6.07, 6.45) is 0. The third-order valence-electron chi connectivity index (χ3n) is 6.02. The van der Waals surface area contributed by atoms with E-state index in [9.17, 15) is 9.13 Å². The molecule has 0 bridgehead atoms. The van der Waals surface area contributed by atoms with Crippen LogP contribution in [0.15, 0.2) is 97.1 Å². The van der Waals surface area contributed by atoms with E-state index in [-0.39, 0.29) is 13.1 Å². The number of hydrogen-bond acceptors (Lipinski definition) is 4. The zero-order chi connectivity index (χ0) is 23.2. The van der Waals surface area contributed by atoms with Gasteiger partial charge in [-0.3, -0.25) is 9.13 Å². The van der Waals surface area contributed by atoms with E-state index < -0.39 is 15.0 Å². The van der Waals surface area contributed by atoms with Crippen LogP contribution in [0.4, 0.5) is 0 Å². The lowest BCUT2D eigenvalue weighted by molar-refractivity contribution is 0.468. The van der Waals surface area contributed by atoms with Crippen LogP contribution in [-0.4, -0.2) is 13.1 Å². The number of fused-ring (bicyclic) bond motifs is 6. The molecule has 4 aromatic carbocycles. The van der Waals surface area contributed by atoms with Gasteiger partial charge in [0.1, 0.15) is 11.5 Å². The van der Waals surface area contributed by atoms with Crippen LogP contribution in [0, 0.1) is 0 Å². The van der Waals surface area contributed by atoms with E-state index in [4.69, 9.17) is 9.05 Å². The van der Waals surface area contributed by atoms with Gasteiger partial charge in [-0.1, -0.05) is 72.8 Å². The Hall–Kier alpha value is -3.14. The molecule has 0 aliphatic carbocycles. The van der Waals surface area contributed by atoms with Gasteiger partial charge in [0.15, 0.2) is 0 Å². The molecule has 2 unspecified atom stereocenters. The Labute approximate surface area is 198 Å². The first-order valence-electron chi connectivity index (χ1n) is 11.0. The maximum absolute atomic E-state index is 13.8. The molecule has 2 aliphatic rings. The number of rotatable bonds is 5. The van der Waals surface area contributed by atoms with Crippen molar-refractivity contribution in [1.82, 2.24) is 10.2 Å². The smallest absolute Gasteiger partial charge is 0.347 e. The highest BCUT2D eigenvalue weighted by Gasteiger charge is 2.37. The number of para-hydroxylation sites is 2. The van der Waals surface area contributed by atoms with Crippen molar-refractivity contribution in [2.45, 2.75) is 0 Å². The lowest BCUT2D eigenvalue weighted by Gasteiger charge is -2.30. The number of hydrogen-bond donors (Lipinski definition) is 2. The molecule has 0 saturated heterocycles. The minimum absolute atomic E-state index is 0.269. The van der Waals surface area contributed by atoms with Crippen LogP contribution in [0.5, 0.6) is 11.5 Å². The molecular weight excluding hydrogens is 466 g/mol. The molecule has 0 spiro atoms. The molecular formula is C26H22N2O4P2. The van der Waals surface area contributed by atoms with Crippen molar-refractivity contribution in [3.8, 4) is 33.8 Å². The van der Waals surface area contributed by atoms with Crippen LogP contribution < -0.4 is 29.8 Å². The van der Waals surface area contributed by atoms with Crippen molar-refractivity contribution in [3.63, 3.8) is 0 Å². The van der Waals surface area contributed by atoms with Crippen molar-refractivity contribution < 1.29 is 18.2 Å². The Morgan fingerprint density at radius 2 is 0.853 bits per heavy atom. The molecule has 170 valence electrons. The van der Waals surface area contributed by atoms with E-state index in [2.05, 4.69) is 10.2 Å². The Morgan fingerprint density at radius 3 is 1.29 bits per heavy atom. The van der Waals surface area contributed by atoms with Crippen LogP contribution in [0.1, 0.15) is 0 Å². The van der Waals surface area contributed by atoms with Crippen molar-refractivity contribution in [1.29, 1.82) is 0 Å². The molecule has 0 aromatic heterocycles. The second-order valence-corrected chi connectivity index (χ2v) is 12.3. The van der Waals surface area contributed by atoms with Crippen LogP contribution in [-0.2, 0) is 9.13 Å². The minimum atomic E-state index is -3.37. The highest BCUT2D eigenvalue weighted by Crippen LogP contribution is 2.53. The second kappa shape index (κ2) is 8.26. The fraction of sp³-hybridized carbons (Fsp3) is 0.0769.